The van der Waals surface area contributed by atoms with Crippen LogP contribution in [0, 0.1) is 0 Å². The number of amidine groups is 1. The number of nitrogens with zero attached hydrogens (tertiary/aromatic N) is 2. The van der Waals surface area contributed by atoms with E-state index >= 15 is 0 Å². The van der Waals surface area contributed by atoms with Crippen molar-refractivity contribution in [1.29, 1.82) is 0 Å². The number of carbonyl (C=O) groups is 2. The number of hydrogen-bond donors (Lipinski definition) is 1. The number of benzene rings is 1. The molecule has 9 heteroatoms. The number of ether oxygens (including phenoxy) is 1. The van der Waals surface area contributed by atoms with Crippen molar-refractivity contribution in [2.75, 3.05) is 26.2 Å². The molecule has 8 nitrogen and oxygen atoms in total. The standard InChI is InChI=1S/C18H23N3O5S/c1-4-21(11-13(2)3)16(22)12-26-17(23)9-10-19-18-14-7-5-6-8-15(14)27(24,25)20-18/h5-8H,2,4,9-12H2,1,3H3,(H,19,20). The zero-order valence-electron chi connectivity index (χ0n) is 15.4. The van der Waals surface area contributed by atoms with Gasteiger partial charge in [-0.05, 0) is 26.0 Å². The zero-order valence-corrected chi connectivity index (χ0v) is 16.2. The molecule has 1 heterocycles. The maximum Gasteiger partial charge on any atom is 0.308 e. The molecule has 146 valence electrons. The minimum absolute atomic E-state index is 0.0441. The summed E-state index contributed by atoms with van der Waals surface area (Å²) in [6, 6.07) is 6.47. The van der Waals surface area contributed by atoms with Crippen molar-refractivity contribution in [1.82, 2.24) is 9.62 Å². The van der Waals surface area contributed by atoms with E-state index in [1.807, 2.05) is 13.8 Å². The second-order valence-electron chi connectivity index (χ2n) is 6.11. The third-order valence-corrected chi connectivity index (χ3v) is 5.20. The second-order valence-corrected chi connectivity index (χ2v) is 7.76. The molecule has 1 aromatic carbocycles. The number of sulfonamides is 1. The van der Waals surface area contributed by atoms with Gasteiger partial charge in [0, 0.05) is 18.7 Å². The van der Waals surface area contributed by atoms with Crippen molar-refractivity contribution in [3.63, 3.8) is 0 Å². The molecule has 1 amide bonds. The first-order chi connectivity index (χ1) is 12.7. The summed E-state index contributed by atoms with van der Waals surface area (Å²) in [5.41, 5.74) is 1.31. The normalized spacial score (nSPS) is 15.7. The Hall–Kier alpha value is -2.68. The molecule has 0 aromatic heterocycles. The molecule has 0 radical (unpaired) electrons. The van der Waals surface area contributed by atoms with E-state index in [9.17, 15) is 18.0 Å². The number of rotatable bonds is 8. The van der Waals surface area contributed by atoms with Crippen LogP contribution in [0.15, 0.2) is 46.3 Å². The molecule has 27 heavy (non-hydrogen) atoms. The van der Waals surface area contributed by atoms with E-state index in [1.54, 1.807) is 23.1 Å². The summed E-state index contributed by atoms with van der Waals surface area (Å²) in [6.45, 7) is 8.02. The van der Waals surface area contributed by atoms with Gasteiger partial charge in [-0.3, -0.25) is 19.3 Å². The molecule has 0 unspecified atom stereocenters. The van der Waals surface area contributed by atoms with Crippen molar-refractivity contribution >= 4 is 27.7 Å². The van der Waals surface area contributed by atoms with Crippen LogP contribution in [0.3, 0.4) is 0 Å². The van der Waals surface area contributed by atoms with Gasteiger partial charge >= 0.3 is 5.97 Å². The summed E-state index contributed by atoms with van der Waals surface area (Å²) in [6.07, 6.45) is -0.0622. The highest BCUT2D eigenvalue weighted by molar-refractivity contribution is 7.90. The van der Waals surface area contributed by atoms with Crippen LogP contribution >= 0.6 is 0 Å². The molecule has 1 aromatic rings. The van der Waals surface area contributed by atoms with E-state index in [-0.39, 0.29) is 36.2 Å². The number of likely N-dealkylation sites (N-methyl/N-ethyl adjacent to an activating group) is 1. The third kappa shape index (κ3) is 5.40. The fraction of sp³-hybridized carbons (Fsp3) is 0.389. The van der Waals surface area contributed by atoms with Crippen LogP contribution in [-0.4, -0.2) is 57.3 Å². The fourth-order valence-corrected chi connectivity index (χ4v) is 3.77. The van der Waals surface area contributed by atoms with Gasteiger partial charge in [-0.15, -0.1) is 0 Å². The summed E-state index contributed by atoms with van der Waals surface area (Å²) in [7, 11) is -3.60. The summed E-state index contributed by atoms with van der Waals surface area (Å²) in [5, 5.41) is 0. The Kier molecular flexibility index (Phi) is 6.73. The SMILES string of the molecule is C=C(C)CN(CC)C(=O)COC(=O)CCN=C1NS(=O)(=O)c2ccccc21. The lowest BCUT2D eigenvalue weighted by atomic mass is 10.2. The molecule has 2 rings (SSSR count). The average Bonchev–Trinajstić information content (AvgIpc) is 2.88. The largest absolute Gasteiger partial charge is 0.456 e. The van der Waals surface area contributed by atoms with Gasteiger partial charge in [0.25, 0.3) is 15.9 Å². The molecule has 0 aliphatic carbocycles. The molecule has 0 atom stereocenters. The van der Waals surface area contributed by atoms with Crippen molar-refractivity contribution in [3.8, 4) is 0 Å². The molecular formula is C18H23N3O5S. The number of nitrogens with one attached hydrogen (secondary N) is 1. The summed E-state index contributed by atoms with van der Waals surface area (Å²) < 4.78 is 31.3. The van der Waals surface area contributed by atoms with Gasteiger partial charge in [-0.1, -0.05) is 24.3 Å². The van der Waals surface area contributed by atoms with Gasteiger partial charge in [-0.2, -0.15) is 0 Å². The van der Waals surface area contributed by atoms with Crippen LogP contribution in [0.1, 0.15) is 25.8 Å². The molecule has 1 aliphatic rings. The van der Waals surface area contributed by atoms with Crippen LogP contribution in [0.2, 0.25) is 0 Å². The summed E-state index contributed by atoms with van der Waals surface area (Å²) >= 11 is 0. The highest BCUT2D eigenvalue weighted by Gasteiger charge is 2.30. The van der Waals surface area contributed by atoms with Crippen LogP contribution < -0.4 is 4.72 Å². The minimum atomic E-state index is -3.60. The summed E-state index contributed by atoms with van der Waals surface area (Å²) in [4.78, 5) is 29.7. The minimum Gasteiger partial charge on any atom is -0.456 e. The number of esters is 1. The average molecular weight is 393 g/mol. The Morgan fingerprint density at radius 3 is 2.67 bits per heavy atom. The smallest absolute Gasteiger partial charge is 0.308 e. The molecular weight excluding hydrogens is 370 g/mol. The van der Waals surface area contributed by atoms with Crippen LogP contribution in [0.4, 0.5) is 0 Å². The van der Waals surface area contributed by atoms with Gasteiger partial charge in [0.1, 0.15) is 5.84 Å². The Labute approximate surface area is 159 Å². The number of aliphatic imine (C=N–C) groups is 1. The van der Waals surface area contributed by atoms with Crippen LogP contribution in [0.25, 0.3) is 0 Å². The Bertz CT molecular complexity index is 877. The monoisotopic (exact) mass is 393 g/mol. The maximum atomic E-state index is 12.0. The first-order valence-electron chi connectivity index (χ1n) is 8.49. The van der Waals surface area contributed by atoms with Gasteiger partial charge in [-0.25, -0.2) is 8.42 Å². The molecule has 0 fully saturated rings. The van der Waals surface area contributed by atoms with Crippen molar-refractivity contribution in [2.45, 2.75) is 25.2 Å². The van der Waals surface area contributed by atoms with E-state index < -0.39 is 16.0 Å². The maximum absolute atomic E-state index is 12.0. The molecule has 1 N–H and O–H groups in total. The van der Waals surface area contributed by atoms with Crippen molar-refractivity contribution in [2.24, 2.45) is 4.99 Å². The quantitative estimate of drug-likeness (QED) is 0.526. The van der Waals surface area contributed by atoms with Gasteiger partial charge < -0.3 is 9.64 Å². The highest BCUT2D eigenvalue weighted by atomic mass is 32.2. The van der Waals surface area contributed by atoms with Crippen molar-refractivity contribution < 1.29 is 22.7 Å². The third-order valence-electron chi connectivity index (χ3n) is 3.80. The molecule has 0 saturated carbocycles. The lowest BCUT2D eigenvalue weighted by molar-refractivity contribution is -0.151. The van der Waals surface area contributed by atoms with E-state index in [0.717, 1.165) is 5.57 Å². The lowest BCUT2D eigenvalue weighted by Crippen LogP contribution is -2.35. The predicted octanol–water partition coefficient (Wildman–Crippen LogP) is 1.08. The second kappa shape index (κ2) is 8.81. The first-order valence-corrected chi connectivity index (χ1v) is 9.97. The number of amides is 1. The highest BCUT2D eigenvalue weighted by Crippen LogP contribution is 2.22. The van der Waals surface area contributed by atoms with Gasteiger partial charge in [0.05, 0.1) is 17.9 Å². The number of hydrogen-bond acceptors (Lipinski definition) is 6. The van der Waals surface area contributed by atoms with Gasteiger partial charge in [0.2, 0.25) is 0 Å². The fourth-order valence-electron chi connectivity index (χ4n) is 2.52. The number of fused-ring (bicyclic) bond motifs is 1. The zero-order chi connectivity index (χ0) is 20.0. The molecule has 1 aliphatic heterocycles. The van der Waals surface area contributed by atoms with E-state index in [4.69, 9.17) is 4.74 Å². The predicted molar refractivity (Wildman–Crippen MR) is 101 cm³/mol. The summed E-state index contributed by atoms with van der Waals surface area (Å²) in [5.74, 6) is -0.668. The molecule has 0 bridgehead atoms. The Morgan fingerprint density at radius 2 is 2.00 bits per heavy atom. The number of carbonyl (C=O) groups excluding carboxylic acids is 2. The molecule has 0 spiro atoms. The van der Waals surface area contributed by atoms with Crippen molar-refractivity contribution in [3.05, 3.63) is 42.0 Å². The van der Waals surface area contributed by atoms with Gasteiger partial charge in [0.15, 0.2) is 6.61 Å². The van der Waals surface area contributed by atoms with Crippen LogP contribution in [0.5, 0.6) is 0 Å². The van der Waals surface area contributed by atoms with E-state index in [2.05, 4.69) is 16.3 Å². The Balaban J connectivity index is 1.86. The molecule has 0 saturated heterocycles. The topological polar surface area (TPSA) is 105 Å². The Morgan fingerprint density at radius 1 is 1.30 bits per heavy atom. The van der Waals surface area contributed by atoms with E-state index in [1.165, 1.54) is 6.07 Å². The van der Waals surface area contributed by atoms with E-state index in [0.29, 0.717) is 18.7 Å². The first kappa shape index (κ1) is 20.6. The van der Waals surface area contributed by atoms with Crippen LogP contribution in [-0.2, 0) is 24.3 Å². The lowest BCUT2D eigenvalue weighted by Gasteiger charge is -2.20.